The van der Waals surface area contributed by atoms with Crippen molar-refractivity contribution in [1.29, 1.82) is 0 Å². The molecule has 0 unspecified atom stereocenters. The molecule has 2 atom stereocenters. The zero-order valence-electron chi connectivity index (χ0n) is 11.9. The Morgan fingerprint density at radius 1 is 1.05 bits per heavy atom. The van der Waals surface area contributed by atoms with Crippen molar-refractivity contribution in [3.8, 4) is 5.75 Å². The first kappa shape index (κ1) is 12.9. The molecule has 0 fully saturated rings. The molecule has 2 aromatic carbocycles. The summed E-state index contributed by atoms with van der Waals surface area (Å²) in [6.07, 6.45) is 2.36. The maximum atomic E-state index is 10.1. The van der Waals surface area contributed by atoms with Gasteiger partial charge in [-0.25, -0.2) is 4.68 Å². The van der Waals surface area contributed by atoms with Crippen LogP contribution in [0.2, 0.25) is 0 Å². The fourth-order valence-corrected chi connectivity index (χ4v) is 3.06. The van der Waals surface area contributed by atoms with Crippen LogP contribution < -0.4 is 5.32 Å². The summed E-state index contributed by atoms with van der Waals surface area (Å²) in [4.78, 5) is 4.30. The monoisotopic (exact) mass is 292 g/mol. The zero-order chi connectivity index (χ0) is 14.9. The minimum atomic E-state index is 0.00288. The summed E-state index contributed by atoms with van der Waals surface area (Å²) >= 11 is 0. The molecule has 0 spiro atoms. The SMILES string of the molecule is Oc1ccccc1[C@@H]1C[C@H](c2ccccc2)n2ncnc2N1. The number of benzene rings is 2. The van der Waals surface area contributed by atoms with Crippen LogP contribution in [0.4, 0.5) is 5.95 Å². The number of phenols is 1. The first-order chi connectivity index (χ1) is 10.8. The maximum absolute atomic E-state index is 10.1. The summed E-state index contributed by atoms with van der Waals surface area (Å²) in [5.41, 5.74) is 2.08. The van der Waals surface area contributed by atoms with Gasteiger partial charge < -0.3 is 10.4 Å². The quantitative estimate of drug-likeness (QED) is 0.761. The van der Waals surface area contributed by atoms with Crippen molar-refractivity contribution >= 4 is 5.95 Å². The topological polar surface area (TPSA) is 63.0 Å². The van der Waals surface area contributed by atoms with E-state index in [0.717, 1.165) is 17.9 Å². The van der Waals surface area contributed by atoms with Gasteiger partial charge >= 0.3 is 0 Å². The lowest BCUT2D eigenvalue weighted by Crippen LogP contribution is -2.28. The second-order valence-electron chi connectivity index (χ2n) is 5.45. The molecule has 2 heterocycles. The average molecular weight is 292 g/mol. The van der Waals surface area contributed by atoms with E-state index in [-0.39, 0.29) is 12.1 Å². The van der Waals surface area contributed by atoms with E-state index in [9.17, 15) is 5.11 Å². The van der Waals surface area contributed by atoms with Crippen molar-refractivity contribution in [2.45, 2.75) is 18.5 Å². The molecule has 22 heavy (non-hydrogen) atoms. The molecule has 1 aliphatic rings. The minimum Gasteiger partial charge on any atom is -0.508 e. The van der Waals surface area contributed by atoms with Crippen molar-refractivity contribution in [3.05, 3.63) is 72.1 Å². The van der Waals surface area contributed by atoms with Gasteiger partial charge in [-0.05, 0) is 18.1 Å². The molecule has 4 rings (SSSR count). The number of phenolic OH excluding ortho intramolecular Hbond substituents is 1. The summed E-state index contributed by atoms with van der Waals surface area (Å²) in [6, 6.07) is 17.8. The van der Waals surface area contributed by atoms with Crippen LogP contribution in [-0.2, 0) is 0 Å². The maximum Gasteiger partial charge on any atom is 0.222 e. The van der Waals surface area contributed by atoms with Gasteiger partial charge in [-0.3, -0.25) is 0 Å². The highest BCUT2D eigenvalue weighted by molar-refractivity contribution is 5.43. The highest BCUT2D eigenvalue weighted by atomic mass is 16.3. The summed E-state index contributed by atoms with van der Waals surface area (Å²) in [7, 11) is 0. The Hall–Kier alpha value is -2.82. The second kappa shape index (κ2) is 5.18. The van der Waals surface area contributed by atoms with Crippen LogP contribution in [0, 0.1) is 0 Å². The van der Waals surface area contributed by atoms with Crippen LogP contribution >= 0.6 is 0 Å². The Labute approximate surface area is 128 Å². The van der Waals surface area contributed by atoms with Gasteiger partial charge in [0.05, 0.1) is 12.1 Å². The normalized spacial score (nSPS) is 20.2. The zero-order valence-corrected chi connectivity index (χ0v) is 11.9. The Morgan fingerprint density at radius 3 is 2.64 bits per heavy atom. The predicted octanol–water partition coefficient (Wildman–Crippen LogP) is 3.13. The molecule has 1 aliphatic heterocycles. The predicted molar refractivity (Wildman–Crippen MR) is 83.7 cm³/mol. The largest absolute Gasteiger partial charge is 0.508 e. The summed E-state index contributed by atoms with van der Waals surface area (Å²) < 4.78 is 1.91. The molecular formula is C17H16N4O. The van der Waals surface area contributed by atoms with Crippen molar-refractivity contribution in [1.82, 2.24) is 14.8 Å². The number of nitrogens with one attached hydrogen (secondary N) is 1. The van der Waals surface area contributed by atoms with Gasteiger partial charge in [0.2, 0.25) is 5.95 Å². The van der Waals surface area contributed by atoms with E-state index in [1.165, 1.54) is 5.56 Å². The van der Waals surface area contributed by atoms with E-state index in [4.69, 9.17) is 0 Å². The van der Waals surface area contributed by atoms with E-state index in [1.807, 2.05) is 41.1 Å². The Kier molecular flexibility index (Phi) is 3.04. The first-order valence-electron chi connectivity index (χ1n) is 7.32. The van der Waals surface area contributed by atoms with Crippen LogP contribution in [0.1, 0.15) is 29.6 Å². The molecule has 2 N–H and O–H groups in total. The number of nitrogens with zero attached hydrogens (tertiary/aromatic N) is 3. The Bertz CT molecular complexity index is 784. The average Bonchev–Trinajstić information content (AvgIpc) is 3.03. The van der Waals surface area contributed by atoms with E-state index >= 15 is 0 Å². The Balaban J connectivity index is 1.76. The standard InChI is InChI=1S/C17H16N4O/c22-16-9-5-4-8-13(16)14-10-15(12-6-2-1-3-7-12)21-17(20-14)18-11-19-21/h1-9,11,14-15,22H,10H2,(H,18,19,20)/t14-,15+/m0/s1. The van der Waals surface area contributed by atoms with Crippen LogP contribution in [0.5, 0.6) is 5.75 Å². The van der Waals surface area contributed by atoms with Gasteiger partial charge in [-0.2, -0.15) is 10.1 Å². The van der Waals surface area contributed by atoms with E-state index < -0.39 is 0 Å². The van der Waals surface area contributed by atoms with Crippen LogP contribution in [0.25, 0.3) is 0 Å². The van der Waals surface area contributed by atoms with E-state index in [2.05, 4.69) is 27.5 Å². The van der Waals surface area contributed by atoms with Gasteiger partial charge in [0.1, 0.15) is 12.1 Å². The third-order valence-electron chi connectivity index (χ3n) is 4.13. The Morgan fingerprint density at radius 2 is 1.82 bits per heavy atom. The van der Waals surface area contributed by atoms with Crippen LogP contribution in [0.15, 0.2) is 60.9 Å². The molecular weight excluding hydrogens is 276 g/mol. The lowest BCUT2D eigenvalue weighted by atomic mass is 9.93. The minimum absolute atomic E-state index is 0.00288. The third-order valence-corrected chi connectivity index (χ3v) is 4.13. The molecule has 0 amide bonds. The van der Waals surface area contributed by atoms with Gasteiger partial charge in [0.15, 0.2) is 0 Å². The molecule has 0 saturated carbocycles. The van der Waals surface area contributed by atoms with E-state index in [1.54, 1.807) is 12.4 Å². The highest BCUT2D eigenvalue weighted by Gasteiger charge is 2.30. The number of rotatable bonds is 2. The summed E-state index contributed by atoms with van der Waals surface area (Å²) in [5.74, 6) is 1.04. The number of para-hydroxylation sites is 1. The number of aromatic nitrogens is 3. The molecule has 0 saturated heterocycles. The lowest BCUT2D eigenvalue weighted by Gasteiger charge is -2.32. The molecule has 5 nitrogen and oxygen atoms in total. The van der Waals surface area contributed by atoms with Gasteiger partial charge in [-0.1, -0.05) is 48.5 Å². The van der Waals surface area contributed by atoms with Gasteiger partial charge in [0.25, 0.3) is 0 Å². The summed E-state index contributed by atoms with van der Waals surface area (Å²) in [6.45, 7) is 0. The van der Waals surface area contributed by atoms with Crippen molar-refractivity contribution < 1.29 is 5.11 Å². The first-order valence-corrected chi connectivity index (χ1v) is 7.32. The molecule has 110 valence electrons. The summed E-state index contributed by atoms with van der Waals surface area (Å²) in [5, 5.41) is 17.8. The molecule has 3 aromatic rings. The fraction of sp³-hybridized carbons (Fsp3) is 0.176. The number of anilines is 1. The molecule has 5 heteroatoms. The fourth-order valence-electron chi connectivity index (χ4n) is 3.06. The van der Waals surface area contributed by atoms with Crippen LogP contribution in [-0.4, -0.2) is 19.9 Å². The highest BCUT2D eigenvalue weighted by Crippen LogP contribution is 2.39. The van der Waals surface area contributed by atoms with Crippen molar-refractivity contribution in [3.63, 3.8) is 0 Å². The number of hydrogen-bond donors (Lipinski definition) is 2. The third kappa shape index (κ3) is 2.11. The number of hydrogen-bond acceptors (Lipinski definition) is 4. The second-order valence-corrected chi connectivity index (χ2v) is 5.45. The number of fused-ring (bicyclic) bond motifs is 1. The molecule has 0 radical (unpaired) electrons. The van der Waals surface area contributed by atoms with Crippen molar-refractivity contribution in [2.24, 2.45) is 0 Å². The molecule has 0 aliphatic carbocycles. The van der Waals surface area contributed by atoms with Gasteiger partial charge in [-0.15, -0.1) is 0 Å². The molecule has 1 aromatic heterocycles. The molecule has 0 bridgehead atoms. The van der Waals surface area contributed by atoms with Crippen molar-refractivity contribution in [2.75, 3.05) is 5.32 Å². The van der Waals surface area contributed by atoms with Gasteiger partial charge in [0, 0.05) is 5.56 Å². The smallest absolute Gasteiger partial charge is 0.222 e. The number of aromatic hydroxyl groups is 1. The lowest BCUT2D eigenvalue weighted by molar-refractivity contribution is 0.414. The van der Waals surface area contributed by atoms with E-state index in [0.29, 0.717) is 5.75 Å². The van der Waals surface area contributed by atoms with Crippen LogP contribution in [0.3, 0.4) is 0 Å².